The first-order valence-electron chi connectivity index (χ1n) is 7.58. The lowest BCUT2D eigenvalue weighted by atomic mass is 10.0. The Morgan fingerprint density at radius 3 is 2.08 bits per heavy atom. The Bertz CT molecular complexity index is 704. The molecule has 24 heavy (non-hydrogen) atoms. The third-order valence-electron chi connectivity index (χ3n) is 3.26. The van der Waals surface area contributed by atoms with Crippen LogP contribution in [0.15, 0.2) is 42.5 Å². The lowest BCUT2D eigenvalue weighted by Gasteiger charge is -2.06. The minimum atomic E-state index is -1.97. The van der Waals surface area contributed by atoms with Gasteiger partial charge >= 0.3 is 0 Å². The van der Waals surface area contributed by atoms with Crippen LogP contribution in [0.25, 0.3) is 0 Å². The van der Waals surface area contributed by atoms with Gasteiger partial charge in [-0.3, -0.25) is 13.9 Å². The molecule has 0 spiro atoms. The van der Waals surface area contributed by atoms with Crippen LogP contribution in [0.2, 0.25) is 0 Å². The van der Waals surface area contributed by atoms with E-state index in [4.69, 9.17) is 4.52 Å². The fourth-order valence-corrected chi connectivity index (χ4v) is 3.69. The Hall–Kier alpha value is -1.60. The van der Waals surface area contributed by atoms with Gasteiger partial charge in [-0.25, -0.2) is 0 Å². The molecule has 0 saturated carbocycles. The van der Waals surface area contributed by atoms with E-state index in [9.17, 15) is 13.9 Å². The van der Waals surface area contributed by atoms with Gasteiger partial charge in [-0.05, 0) is 51.0 Å². The van der Waals surface area contributed by atoms with Crippen molar-refractivity contribution in [2.45, 2.75) is 27.7 Å². The zero-order valence-electron chi connectivity index (χ0n) is 14.3. The quantitative estimate of drug-likeness (QED) is 0.711. The molecule has 1 atom stereocenters. The summed E-state index contributed by atoms with van der Waals surface area (Å²) in [6, 6.07) is 13.1. The summed E-state index contributed by atoms with van der Waals surface area (Å²) >= 11 is 0. The summed E-state index contributed by atoms with van der Waals surface area (Å²) < 4.78 is 26.6. The number of carbonyl (C=O) groups excluding carboxylic acids is 1. The second kappa shape index (κ2) is 10.3. The zero-order valence-corrected chi connectivity index (χ0v) is 16.2. The Morgan fingerprint density at radius 2 is 1.62 bits per heavy atom. The summed E-state index contributed by atoms with van der Waals surface area (Å²) in [7, 11) is -2.40. The molecule has 0 bridgehead atoms. The van der Waals surface area contributed by atoms with E-state index >= 15 is 0 Å². The summed E-state index contributed by atoms with van der Waals surface area (Å²) in [6.45, 7) is 8.04. The highest BCUT2D eigenvalue weighted by Gasteiger charge is 2.12. The number of hydrogen-bond donors (Lipinski definition) is 0. The Balaban J connectivity index is 0.000000243. The molecule has 2 aromatic rings. The minimum Gasteiger partial charge on any atom is -0.328 e. The maximum atomic E-state index is 11.2. The SMILES string of the molecule is CCO[PH](=O)c1ccccc1.Cc1cc(C)c(C(=O)P=O)c(C)c1. The van der Waals surface area contributed by atoms with Gasteiger partial charge in [0.15, 0.2) is 0 Å². The molecule has 128 valence electrons. The summed E-state index contributed by atoms with van der Waals surface area (Å²) in [5.41, 5.74) is 3.16. The normalized spacial score (nSPS) is 11.5. The van der Waals surface area contributed by atoms with Crippen LogP contribution in [0.3, 0.4) is 0 Å². The predicted octanol–water partition coefficient (Wildman–Crippen LogP) is 4.87. The lowest BCUT2D eigenvalue weighted by molar-refractivity contribution is 0.108. The minimum absolute atomic E-state index is 0.338. The van der Waals surface area contributed by atoms with Crippen LogP contribution in [0, 0.1) is 20.8 Å². The van der Waals surface area contributed by atoms with Crippen molar-refractivity contribution in [3.8, 4) is 0 Å². The van der Waals surface area contributed by atoms with E-state index in [0.717, 1.165) is 22.0 Å². The first-order valence-corrected chi connectivity index (χ1v) is 9.71. The van der Waals surface area contributed by atoms with E-state index < -0.39 is 16.5 Å². The molecule has 0 N–H and O–H groups in total. The number of aryl methyl sites for hydroxylation is 3. The van der Waals surface area contributed by atoms with Crippen molar-refractivity contribution in [2.75, 3.05) is 6.61 Å². The highest BCUT2D eigenvalue weighted by atomic mass is 31.1. The highest BCUT2D eigenvalue weighted by molar-refractivity contribution is 7.48. The predicted molar refractivity (Wildman–Crippen MR) is 99.3 cm³/mol. The second-order valence-electron chi connectivity index (χ2n) is 5.26. The molecule has 0 aliphatic carbocycles. The summed E-state index contributed by atoms with van der Waals surface area (Å²) in [5, 5.41) is 0.791. The third kappa shape index (κ3) is 6.13. The molecule has 4 nitrogen and oxygen atoms in total. The van der Waals surface area contributed by atoms with Crippen LogP contribution in [0.5, 0.6) is 0 Å². The van der Waals surface area contributed by atoms with Crippen molar-refractivity contribution in [2.24, 2.45) is 0 Å². The van der Waals surface area contributed by atoms with E-state index in [-0.39, 0.29) is 5.52 Å². The lowest BCUT2D eigenvalue weighted by Crippen LogP contribution is -1.98. The molecular weight excluding hydrogens is 342 g/mol. The van der Waals surface area contributed by atoms with Crippen LogP contribution in [-0.4, -0.2) is 12.1 Å². The fourth-order valence-electron chi connectivity index (χ4n) is 2.35. The van der Waals surface area contributed by atoms with Gasteiger partial charge in [0.25, 0.3) is 5.52 Å². The van der Waals surface area contributed by atoms with Crippen molar-refractivity contribution in [3.05, 3.63) is 64.7 Å². The number of hydrogen-bond acceptors (Lipinski definition) is 4. The summed E-state index contributed by atoms with van der Waals surface area (Å²) in [6.07, 6.45) is 0. The molecule has 0 fully saturated rings. The van der Waals surface area contributed by atoms with Crippen molar-refractivity contribution in [1.29, 1.82) is 0 Å². The van der Waals surface area contributed by atoms with Gasteiger partial charge in [-0.2, -0.15) is 0 Å². The maximum Gasteiger partial charge on any atom is 0.253 e. The molecule has 0 aliphatic rings. The number of carbonyl (C=O) groups is 1. The molecule has 6 heteroatoms. The van der Waals surface area contributed by atoms with Gasteiger partial charge in [0.1, 0.15) is 0 Å². The van der Waals surface area contributed by atoms with E-state index in [1.165, 1.54) is 0 Å². The van der Waals surface area contributed by atoms with Gasteiger partial charge in [0.2, 0.25) is 16.5 Å². The van der Waals surface area contributed by atoms with Crippen LogP contribution in [0.4, 0.5) is 0 Å². The Labute approximate surface area is 145 Å². The van der Waals surface area contributed by atoms with Gasteiger partial charge in [0, 0.05) is 10.9 Å². The van der Waals surface area contributed by atoms with E-state index in [1.54, 1.807) is 0 Å². The van der Waals surface area contributed by atoms with Crippen LogP contribution in [0.1, 0.15) is 34.0 Å². The second-order valence-corrected chi connectivity index (χ2v) is 7.29. The average Bonchev–Trinajstić information content (AvgIpc) is 2.55. The first kappa shape index (κ1) is 20.4. The number of benzene rings is 2. The molecule has 1 unspecified atom stereocenters. The first-order chi connectivity index (χ1) is 11.4. The van der Waals surface area contributed by atoms with Crippen molar-refractivity contribution in [1.82, 2.24) is 0 Å². The molecule has 2 rings (SSSR count). The topological polar surface area (TPSA) is 60.4 Å². The molecule has 0 aliphatic heterocycles. The molecule has 2 aromatic carbocycles. The van der Waals surface area contributed by atoms with Crippen LogP contribution in [-0.2, 0) is 13.7 Å². The fraction of sp³-hybridized carbons (Fsp3) is 0.278. The van der Waals surface area contributed by atoms with E-state index in [2.05, 4.69) is 0 Å². The summed E-state index contributed by atoms with van der Waals surface area (Å²) in [4.78, 5) is 11.2. The molecular formula is C18H22O4P2. The molecule has 0 amide bonds. The monoisotopic (exact) mass is 364 g/mol. The van der Waals surface area contributed by atoms with Crippen LogP contribution >= 0.6 is 16.5 Å². The van der Waals surface area contributed by atoms with E-state index in [0.29, 0.717) is 12.2 Å². The van der Waals surface area contributed by atoms with Crippen LogP contribution < -0.4 is 5.30 Å². The van der Waals surface area contributed by atoms with Crippen molar-refractivity contribution < 1.29 is 18.4 Å². The van der Waals surface area contributed by atoms with Gasteiger partial charge in [0.05, 0.1) is 6.61 Å². The van der Waals surface area contributed by atoms with Crippen molar-refractivity contribution in [3.63, 3.8) is 0 Å². The van der Waals surface area contributed by atoms with Gasteiger partial charge < -0.3 is 4.52 Å². The van der Waals surface area contributed by atoms with Gasteiger partial charge in [-0.15, -0.1) is 0 Å². The zero-order chi connectivity index (χ0) is 18.1. The van der Waals surface area contributed by atoms with Gasteiger partial charge in [-0.1, -0.05) is 35.9 Å². The largest absolute Gasteiger partial charge is 0.328 e. The highest BCUT2D eigenvalue weighted by Crippen LogP contribution is 2.21. The average molecular weight is 364 g/mol. The van der Waals surface area contributed by atoms with Crippen molar-refractivity contribution >= 4 is 27.3 Å². The Morgan fingerprint density at radius 1 is 1.08 bits per heavy atom. The standard InChI is InChI=1S/C10H11O2P.C8H11O2P/c1-6-4-7(2)9(8(3)5-6)10(11)13-12;1-2-10-11(9)8-6-4-3-5-7-8/h4-5H,1-3H3;3-7,11H,2H2,1H3. The molecule has 0 heterocycles. The molecule has 0 aromatic heterocycles. The smallest absolute Gasteiger partial charge is 0.253 e. The number of rotatable bonds is 5. The summed E-state index contributed by atoms with van der Waals surface area (Å²) in [5.74, 6) is 0. The molecule has 0 saturated heterocycles. The maximum absolute atomic E-state index is 11.2. The third-order valence-corrected chi connectivity index (χ3v) is 5.00. The van der Waals surface area contributed by atoms with E-state index in [1.807, 2.05) is 70.2 Å². The molecule has 0 radical (unpaired) electrons. The Kier molecular flexibility index (Phi) is 8.78.